The van der Waals surface area contributed by atoms with Gasteiger partial charge >= 0.3 is 5.69 Å². The molecule has 2 heterocycles. The zero-order chi connectivity index (χ0) is 29.4. The van der Waals surface area contributed by atoms with Crippen LogP contribution in [0.1, 0.15) is 10.6 Å². The van der Waals surface area contributed by atoms with Gasteiger partial charge in [0.1, 0.15) is 35.8 Å². The highest BCUT2D eigenvalue weighted by molar-refractivity contribution is 6.34. The largest absolute Gasteiger partial charge is 0.490 e. The number of hydrogen-bond donors (Lipinski definition) is 2. The Morgan fingerprint density at radius 2 is 1.76 bits per heavy atom. The topological polar surface area (TPSA) is 159 Å². The molecule has 2 aromatic heterocycles. The van der Waals surface area contributed by atoms with Gasteiger partial charge in [0, 0.05) is 34.7 Å². The third-order valence-electron chi connectivity index (χ3n) is 5.69. The fourth-order valence-corrected chi connectivity index (χ4v) is 4.29. The average molecular weight is 604 g/mol. The number of carbonyl (C=O) groups is 1. The van der Waals surface area contributed by atoms with Crippen LogP contribution in [0, 0.1) is 21.7 Å². The van der Waals surface area contributed by atoms with E-state index < -0.39 is 34.8 Å². The van der Waals surface area contributed by atoms with E-state index in [-0.39, 0.29) is 67.4 Å². The summed E-state index contributed by atoms with van der Waals surface area (Å²) in [6, 6.07) is 8.32. The Kier molecular flexibility index (Phi) is 7.43. The van der Waals surface area contributed by atoms with E-state index in [2.05, 4.69) is 25.3 Å². The van der Waals surface area contributed by atoms with Crippen molar-refractivity contribution in [3.05, 3.63) is 80.2 Å². The summed E-state index contributed by atoms with van der Waals surface area (Å²) < 4.78 is 46.7. The van der Waals surface area contributed by atoms with E-state index in [9.17, 15) is 28.1 Å². The molecule has 0 fully saturated rings. The number of aromatic nitrogens is 4. The third kappa shape index (κ3) is 5.47. The first kappa shape index (κ1) is 27.7. The number of nitrogens with zero attached hydrogens (tertiary/aromatic N) is 5. The molecule has 16 heteroatoms. The number of ether oxygens (including phenoxy) is 1. The van der Waals surface area contributed by atoms with Gasteiger partial charge in [-0.1, -0.05) is 23.2 Å². The zero-order valence-corrected chi connectivity index (χ0v) is 21.8. The standard InChI is InChI=1S/C25H14Cl2F3N7O4/c26-14-5-10(1-2-15(14)29)32-23-12-6-13(20(41-4-3-28)9-18(12)34-25(36-23)22(31)38)24-33-17-8-16(30)19(37(39)40)7-11(17)21(27)35-24/h1-2,5-9H,3-4H2,(H2,31,38)(H,32,34,36). The molecule has 0 saturated carbocycles. The van der Waals surface area contributed by atoms with Gasteiger partial charge in [0.15, 0.2) is 5.82 Å². The maximum Gasteiger partial charge on any atom is 0.305 e. The number of anilines is 2. The first-order chi connectivity index (χ1) is 19.5. The van der Waals surface area contributed by atoms with Gasteiger partial charge in [0.05, 0.1) is 26.5 Å². The lowest BCUT2D eigenvalue weighted by molar-refractivity contribution is -0.387. The summed E-state index contributed by atoms with van der Waals surface area (Å²) in [4.78, 5) is 39.0. The molecule has 3 N–H and O–H groups in total. The molecule has 0 aliphatic rings. The van der Waals surface area contributed by atoms with Gasteiger partial charge in [0.25, 0.3) is 5.91 Å². The Morgan fingerprint density at radius 3 is 2.44 bits per heavy atom. The lowest BCUT2D eigenvalue weighted by Crippen LogP contribution is -2.16. The van der Waals surface area contributed by atoms with Gasteiger partial charge in [-0.05, 0) is 24.3 Å². The quantitative estimate of drug-likeness (QED) is 0.124. The minimum atomic E-state index is -1.15. The summed E-state index contributed by atoms with van der Waals surface area (Å²) in [5, 5.41) is 13.9. The number of halogens is 5. The van der Waals surface area contributed by atoms with Gasteiger partial charge in [0.2, 0.25) is 11.6 Å². The van der Waals surface area contributed by atoms with Gasteiger partial charge in [-0.15, -0.1) is 0 Å². The first-order valence-electron chi connectivity index (χ1n) is 11.4. The van der Waals surface area contributed by atoms with Crippen molar-refractivity contribution in [2.75, 3.05) is 18.6 Å². The van der Waals surface area contributed by atoms with Crippen LogP contribution in [0.3, 0.4) is 0 Å². The molecule has 0 unspecified atom stereocenters. The molecule has 0 atom stereocenters. The lowest BCUT2D eigenvalue weighted by atomic mass is 10.1. The predicted octanol–water partition coefficient (Wildman–Crippen LogP) is 5.92. The maximum atomic E-state index is 14.4. The minimum Gasteiger partial charge on any atom is -0.490 e. The third-order valence-corrected chi connectivity index (χ3v) is 6.27. The molecular weight excluding hydrogens is 590 g/mol. The highest BCUT2D eigenvalue weighted by Crippen LogP contribution is 2.38. The highest BCUT2D eigenvalue weighted by Gasteiger charge is 2.22. The Hall–Kier alpha value is -4.82. The number of rotatable bonds is 8. The number of primary amides is 1. The van der Waals surface area contributed by atoms with Crippen molar-refractivity contribution < 1.29 is 27.6 Å². The molecule has 0 aliphatic carbocycles. The van der Waals surface area contributed by atoms with E-state index in [0.717, 1.165) is 18.2 Å². The van der Waals surface area contributed by atoms with Crippen LogP contribution in [0.25, 0.3) is 33.2 Å². The Balaban J connectivity index is 1.75. The van der Waals surface area contributed by atoms with E-state index in [1.54, 1.807) is 0 Å². The number of carbonyl (C=O) groups excluding carboxylic acids is 1. The van der Waals surface area contributed by atoms with Gasteiger partial charge < -0.3 is 15.8 Å². The first-order valence-corrected chi connectivity index (χ1v) is 12.2. The zero-order valence-electron chi connectivity index (χ0n) is 20.3. The summed E-state index contributed by atoms with van der Waals surface area (Å²) in [6.45, 7) is -1.24. The summed E-state index contributed by atoms with van der Waals surface area (Å²) in [6.07, 6.45) is 0. The predicted molar refractivity (Wildman–Crippen MR) is 144 cm³/mol. The van der Waals surface area contributed by atoms with Crippen LogP contribution < -0.4 is 15.8 Å². The number of nitro benzene ring substituents is 1. The molecular formula is C25H14Cl2F3N7O4. The van der Waals surface area contributed by atoms with Crippen LogP contribution in [0.5, 0.6) is 5.75 Å². The van der Waals surface area contributed by atoms with Crippen LogP contribution in [0.4, 0.5) is 30.4 Å². The number of nitrogens with one attached hydrogen (secondary N) is 1. The Labute approximate surface area is 237 Å². The molecule has 41 heavy (non-hydrogen) atoms. The Morgan fingerprint density at radius 1 is 1.00 bits per heavy atom. The molecule has 0 aliphatic heterocycles. The van der Waals surface area contributed by atoms with Crippen LogP contribution in [-0.2, 0) is 0 Å². The highest BCUT2D eigenvalue weighted by atomic mass is 35.5. The maximum absolute atomic E-state index is 14.4. The van der Waals surface area contributed by atoms with Gasteiger partial charge in [-0.25, -0.2) is 28.7 Å². The number of nitrogens with two attached hydrogens (primary N) is 1. The number of benzene rings is 3. The minimum absolute atomic E-state index is 0.0119. The number of alkyl halides is 1. The van der Waals surface area contributed by atoms with Gasteiger partial charge in [-0.3, -0.25) is 14.9 Å². The lowest BCUT2D eigenvalue weighted by Gasteiger charge is -2.15. The smallest absolute Gasteiger partial charge is 0.305 e. The molecule has 0 saturated heterocycles. The fourth-order valence-electron chi connectivity index (χ4n) is 3.88. The molecule has 5 aromatic rings. The van der Waals surface area contributed by atoms with Gasteiger partial charge in [-0.2, -0.15) is 4.39 Å². The van der Waals surface area contributed by atoms with Crippen LogP contribution >= 0.6 is 23.2 Å². The molecule has 11 nitrogen and oxygen atoms in total. The molecule has 0 bridgehead atoms. The summed E-state index contributed by atoms with van der Waals surface area (Å²) in [7, 11) is 0. The average Bonchev–Trinajstić information content (AvgIpc) is 2.92. The molecule has 0 spiro atoms. The molecule has 3 aromatic carbocycles. The van der Waals surface area contributed by atoms with Crippen LogP contribution in [-0.4, -0.2) is 44.0 Å². The van der Waals surface area contributed by atoms with Crippen molar-refractivity contribution in [1.82, 2.24) is 19.9 Å². The molecule has 0 radical (unpaired) electrons. The van der Waals surface area contributed by atoms with Crippen molar-refractivity contribution in [2.24, 2.45) is 5.73 Å². The molecule has 1 amide bonds. The fraction of sp³-hybridized carbons (Fsp3) is 0.0800. The van der Waals surface area contributed by atoms with Crippen molar-refractivity contribution in [2.45, 2.75) is 0 Å². The SMILES string of the molecule is NC(=O)c1nc(Nc2ccc(F)c(Cl)c2)c2cc(-c3nc(Cl)c4cc([N+](=O)[O-])c(F)cc4n3)c(OCCF)cc2n1. The summed E-state index contributed by atoms with van der Waals surface area (Å²) >= 11 is 12.2. The second-order valence-corrected chi connectivity index (χ2v) is 9.10. The normalized spacial score (nSPS) is 11.1. The van der Waals surface area contributed by atoms with E-state index in [0.29, 0.717) is 5.69 Å². The number of hydrogen-bond acceptors (Lipinski definition) is 9. The Bertz CT molecular complexity index is 1900. The second-order valence-electron chi connectivity index (χ2n) is 8.33. The summed E-state index contributed by atoms with van der Waals surface area (Å²) in [5.74, 6) is -3.20. The van der Waals surface area contributed by atoms with Crippen molar-refractivity contribution in [3.8, 4) is 17.1 Å². The van der Waals surface area contributed by atoms with Crippen molar-refractivity contribution in [1.29, 1.82) is 0 Å². The van der Waals surface area contributed by atoms with Crippen LogP contribution in [0.2, 0.25) is 10.2 Å². The van der Waals surface area contributed by atoms with E-state index in [1.165, 1.54) is 24.3 Å². The van der Waals surface area contributed by atoms with Crippen molar-refractivity contribution >= 4 is 68.1 Å². The monoisotopic (exact) mass is 603 g/mol. The number of nitro groups is 1. The number of amides is 1. The molecule has 5 rings (SSSR count). The molecule has 208 valence electrons. The number of fused-ring (bicyclic) bond motifs is 2. The second kappa shape index (κ2) is 11.0. The summed E-state index contributed by atoms with van der Waals surface area (Å²) in [5.41, 5.74) is 5.10. The van der Waals surface area contributed by atoms with Crippen molar-refractivity contribution in [3.63, 3.8) is 0 Å². The van der Waals surface area contributed by atoms with E-state index in [4.69, 9.17) is 33.7 Å². The van der Waals surface area contributed by atoms with E-state index >= 15 is 0 Å². The van der Waals surface area contributed by atoms with E-state index in [1.807, 2.05) is 0 Å². The van der Waals surface area contributed by atoms with Crippen LogP contribution in [0.15, 0.2) is 42.5 Å².